The molecule has 0 fully saturated rings. The summed E-state index contributed by atoms with van der Waals surface area (Å²) in [6, 6.07) is 0. The molecule has 0 saturated heterocycles. The van der Waals surface area contributed by atoms with Crippen LogP contribution in [0.3, 0.4) is 0 Å². The number of alkyl halides is 3. The van der Waals surface area contributed by atoms with Crippen LogP contribution in [0, 0.1) is 0 Å². The first kappa shape index (κ1) is 18.9. The first-order chi connectivity index (χ1) is 7.82. The molecule has 108 valence electrons. The lowest BCUT2D eigenvalue weighted by atomic mass is 10.1. The largest absolute Gasteiger partial charge is 0.337 e. The maximum atomic E-state index is 11.7. The summed E-state index contributed by atoms with van der Waals surface area (Å²) in [5.74, 6) is -0.752. The van der Waals surface area contributed by atoms with Gasteiger partial charge in [0.2, 0.25) is 0 Å². The predicted octanol–water partition coefficient (Wildman–Crippen LogP) is 3.46. The van der Waals surface area contributed by atoms with Gasteiger partial charge in [-0.2, -0.15) is 4.78 Å². The van der Waals surface area contributed by atoms with Crippen LogP contribution in [-0.2, 0) is 21.1 Å². The molecule has 18 heavy (non-hydrogen) atoms. The molecule has 0 aliphatic carbocycles. The molecular weight excluding hydrogens is 338 g/mol. The van der Waals surface area contributed by atoms with Gasteiger partial charge < -0.3 is 4.52 Å². The number of carbonyl (C=O) groups excluding carboxylic acids is 1. The third kappa shape index (κ3) is 5.91. The molecule has 1 unspecified atom stereocenters. The Kier molecular flexibility index (Phi) is 6.91. The summed E-state index contributed by atoms with van der Waals surface area (Å²) in [5, 5.41) is 0. The van der Waals surface area contributed by atoms with E-state index < -0.39 is 21.7 Å². The average Bonchev–Trinajstić information content (AvgIpc) is 2.09. The van der Waals surface area contributed by atoms with Crippen molar-refractivity contribution in [1.29, 1.82) is 0 Å². The van der Waals surface area contributed by atoms with Crippen molar-refractivity contribution >= 4 is 58.9 Å². The number of halogens is 3. The van der Waals surface area contributed by atoms with Crippen molar-refractivity contribution in [2.24, 2.45) is 0 Å². The van der Waals surface area contributed by atoms with Crippen LogP contribution in [0.1, 0.15) is 27.7 Å². The van der Waals surface area contributed by atoms with Gasteiger partial charge in [-0.3, -0.25) is 10.2 Å². The van der Waals surface area contributed by atoms with Crippen molar-refractivity contribution in [3.05, 3.63) is 0 Å². The Morgan fingerprint density at radius 1 is 1.39 bits per heavy atom. The fraction of sp³-hybridized carbons (Fsp3) is 0.889. The second-order valence-electron chi connectivity index (χ2n) is 4.64. The Bertz CT molecular complexity index is 355. The van der Waals surface area contributed by atoms with E-state index in [-0.39, 0.29) is 0 Å². The monoisotopic (exact) mass is 354 g/mol. The van der Waals surface area contributed by atoms with Gasteiger partial charge in [0, 0.05) is 12.2 Å². The molecule has 0 radical (unpaired) electrons. The minimum Gasteiger partial charge on any atom is -0.337 e. The minimum atomic E-state index is -2.39. The second-order valence-corrected chi connectivity index (χ2v) is 11.2. The van der Waals surface area contributed by atoms with Crippen molar-refractivity contribution in [3.8, 4) is 0 Å². The lowest BCUT2D eigenvalue weighted by molar-refractivity contribution is -0.124. The van der Waals surface area contributed by atoms with Crippen LogP contribution in [-0.4, -0.2) is 33.3 Å². The van der Waals surface area contributed by atoms with Crippen molar-refractivity contribution in [2.45, 2.75) is 37.0 Å². The molecule has 0 saturated carbocycles. The van der Waals surface area contributed by atoms with Crippen molar-refractivity contribution in [2.75, 3.05) is 13.3 Å². The molecule has 0 rings (SSSR count). The van der Waals surface area contributed by atoms with Gasteiger partial charge in [-0.1, -0.05) is 34.8 Å². The first-order valence-electron chi connectivity index (χ1n) is 5.23. The second kappa shape index (κ2) is 6.57. The number of nitrogens with one attached hydrogen (secondary N) is 1. The fourth-order valence-corrected chi connectivity index (χ4v) is 4.52. The highest BCUT2D eigenvalue weighted by atomic mass is 35.6. The maximum Gasteiger partial charge on any atom is 0.286 e. The van der Waals surface area contributed by atoms with Gasteiger partial charge in [0.15, 0.2) is 0 Å². The Hall–Kier alpha value is 0.910. The number of hydrogen-bond acceptors (Lipinski definition) is 3. The third-order valence-corrected chi connectivity index (χ3v) is 5.32. The molecule has 0 aromatic heterocycles. The van der Waals surface area contributed by atoms with Gasteiger partial charge in [0.05, 0.1) is 6.61 Å². The number of amides is 1. The van der Waals surface area contributed by atoms with E-state index in [9.17, 15) is 4.79 Å². The van der Waals surface area contributed by atoms with E-state index in [4.69, 9.17) is 51.1 Å². The number of hydrazine groups is 1. The molecule has 9 heteroatoms. The molecule has 4 nitrogen and oxygen atoms in total. The van der Waals surface area contributed by atoms with E-state index >= 15 is 0 Å². The molecule has 0 aliphatic rings. The maximum absolute atomic E-state index is 11.7. The summed E-state index contributed by atoms with van der Waals surface area (Å²) >= 11 is 22.0. The van der Waals surface area contributed by atoms with Gasteiger partial charge in [0.25, 0.3) is 9.70 Å². The lowest BCUT2D eigenvalue weighted by Crippen LogP contribution is -2.53. The average molecular weight is 356 g/mol. The fourth-order valence-electron chi connectivity index (χ4n) is 1.26. The number of nitrogens with zero attached hydrogens (tertiary/aromatic N) is 1. The molecule has 1 N–H and O–H groups in total. The summed E-state index contributed by atoms with van der Waals surface area (Å²) in [6.45, 7) is 9.70. The van der Waals surface area contributed by atoms with Gasteiger partial charge >= 0.3 is 0 Å². The molecule has 0 spiro atoms. The summed E-state index contributed by atoms with van der Waals surface area (Å²) < 4.78 is 5.06. The zero-order chi connectivity index (χ0) is 14.8. The molecule has 1 atom stereocenters. The van der Waals surface area contributed by atoms with Gasteiger partial charge in [-0.05, 0) is 39.5 Å². The van der Waals surface area contributed by atoms with E-state index in [2.05, 4.69) is 5.43 Å². The highest BCUT2D eigenvalue weighted by molar-refractivity contribution is 8.10. The third-order valence-electron chi connectivity index (χ3n) is 1.83. The van der Waals surface area contributed by atoms with Crippen LogP contribution >= 0.6 is 41.2 Å². The van der Waals surface area contributed by atoms with Crippen LogP contribution in [0.25, 0.3) is 0 Å². The summed E-state index contributed by atoms with van der Waals surface area (Å²) in [7, 11) is 0. The van der Waals surface area contributed by atoms with Gasteiger partial charge in [-0.25, -0.2) is 0 Å². The molecular formula is C9H18Cl3N2O2PS. The van der Waals surface area contributed by atoms with Gasteiger partial charge in [0.1, 0.15) is 6.42 Å². The smallest absolute Gasteiger partial charge is 0.286 e. The first-order valence-corrected chi connectivity index (χ1v) is 9.48. The van der Waals surface area contributed by atoms with E-state index in [0.717, 1.165) is 0 Å². The molecule has 0 aromatic rings. The normalized spacial score (nSPS) is 16.5. The van der Waals surface area contributed by atoms with E-state index in [1.54, 1.807) is 11.4 Å². The van der Waals surface area contributed by atoms with Crippen LogP contribution in [0.2, 0.25) is 0 Å². The summed E-state index contributed by atoms with van der Waals surface area (Å²) in [5.41, 5.74) is 2.09. The Balaban J connectivity index is 5.18. The Morgan fingerprint density at radius 2 is 1.83 bits per heavy atom. The minimum absolute atomic E-state index is 0.448. The summed E-state index contributed by atoms with van der Waals surface area (Å²) in [6.07, 6.45) is -2.39. The molecule has 1 amide bonds. The van der Waals surface area contributed by atoms with Crippen molar-refractivity contribution in [1.82, 2.24) is 10.2 Å². The van der Waals surface area contributed by atoms with Gasteiger partial charge in [-0.15, -0.1) is 0 Å². The zero-order valence-corrected chi connectivity index (χ0v) is 14.9. The van der Waals surface area contributed by atoms with Crippen LogP contribution in [0.15, 0.2) is 0 Å². The SMILES string of the molecule is CCOP(C)(=S)N(NC(=O)C(Cl)(Cl)Cl)C(C)(C)C. The molecule has 0 aliphatic heterocycles. The highest BCUT2D eigenvalue weighted by Crippen LogP contribution is 2.50. The number of carbonyl (C=O) groups is 1. The van der Waals surface area contributed by atoms with Crippen molar-refractivity contribution < 1.29 is 9.32 Å². The van der Waals surface area contributed by atoms with Crippen LogP contribution in [0.4, 0.5) is 0 Å². The number of hydrogen-bond donors (Lipinski definition) is 1. The molecule has 0 aromatic carbocycles. The topological polar surface area (TPSA) is 41.6 Å². The standard InChI is InChI=1S/C9H18Cl3N2O2PS/c1-6-16-17(5,18)14(8(2,3)4)13-7(15)9(10,11)12/h6H2,1-5H3,(H,13,15). The summed E-state index contributed by atoms with van der Waals surface area (Å²) in [4.78, 5) is 11.7. The Labute approximate surface area is 128 Å². The van der Waals surface area contributed by atoms with Crippen molar-refractivity contribution in [3.63, 3.8) is 0 Å². The van der Waals surface area contributed by atoms with E-state index in [1.165, 1.54) is 0 Å². The van der Waals surface area contributed by atoms with E-state index in [1.807, 2.05) is 27.7 Å². The van der Waals surface area contributed by atoms with Crippen LogP contribution in [0.5, 0.6) is 0 Å². The number of rotatable bonds is 4. The van der Waals surface area contributed by atoms with Crippen LogP contribution < -0.4 is 5.43 Å². The molecule has 0 heterocycles. The molecule has 0 bridgehead atoms. The Morgan fingerprint density at radius 3 is 2.11 bits per heavy atom. The lowest BCUT2D eigenvalue weighted by Gasteiger charge is -2.41. The highest BCUT2D eigenvalue weighted by Gasteiger charge is 2.38. The van der Waals surface area contributed by atoms with E-state index in [0.29, 0.717) is 6.61 Å². The quantitative estimate of drug-likeness (QED) is 0.476. The zero-order valence-electron chi connectivity index (χ0n) is 11.0. The predicted molar refractivity (Wildman–Crippen MR) is 81.9 cm³/mol.